The topological polar surface area (TPSA) is 90.4 Å². The number of benzene rings is 1. The molecule has 0 aliphatic rings. The van der Waals surface area contributed by atoms with Gasteiger partial charge in [0.05, 0.1) is 24.2 Å². The molecule has 2 heterocycles. The van der Waals surface area contributed by atoms with Crippen molar-refractivity contribution in [1.29, 1.82) is 0 Å². The van der Waals surface area contributed by atoms with Crippen LogP contribution in [0, 0.1) is 6.92 Å². The van der Waals surface area contributed by atoms with Crippen molar-refractivity contribution in [3.63, 3.8) is 0 Å². The summed E-state index contributed by atoms with van der Waals surface area (Å²) < 4.78 is 11.0. The average molecular weight is 343 g/mol. The van der Waals surface area contributed by atoms with Gasteiger partial charge in [-0.1, -0.05) is 6.07 Å². The van der Waals surface area contributed by atoms with Crippen LogP contribution in [0.4, 0.5) is 5.69 Å². The Morgan fingerprint density at radius 2 is 2.25 bits per heavy atom. The summed E-state index contributed by atoms with van der Waals surface area (Å²) in [6.45, 7) is 2.32. The van der Waals surface area contributed by atoms with Gasteiger partial charge in [-0.25, -0.2) is 4.98 Å². The van der Waals surface area contributed by atoms with E-state index in [0.717, 1.165) is 16.3 Å². The first kappa shape index (κ1) is 16.1. The molecule has 0 fully saturated rings. The lowest BCUT2D eigenvalue weighted by Crippen LogP contribution is -2.12. The van der Waals surface area contributed by atoms with Crippen LogP contribution < -0.4 is 15.8 Å². The minimum absolute atomic E-state index is 0.412. The van der Waals surface area contributed by atoms with Gasteiger partial charge in [-0.2, -0.15) is 0 Å². The van der Waals surface area contributed by atoms with Crippen molar-refractivity contribution < 1.29 is 13.9 Å². The molecule has 6 nitrogen and oxygen atoms in total. The largest absolute Gasteiger partial charge is 0.495 e. The maximum Gasteiger partial charge on any atom is 0.248 e. The number of nitrogens with zero attached hydrogens (tertiary/aromatic N) is 1. The Balaban J connectivity index is 1.81. The fraction of sp³-hybridized carbons (Fsp3) is 0.176. The first-order chi connectivity index (χ1) is 11.6. The third-order valence-corrected chi connectivity index (χ3v) is 4.41. The first-order valence-corrected chi connectivity index (χ1v) is 8.18. The fourth-order valence-electron chi connectivity index (χ4n) is 2.28. The summed E-state index contributed by atoms with van der Waals surface area (Å²) >= 11 is 1.58. The van der Waals surface area contributed by atoms with Crippen LogP contribution in [-0.2, 0) is 6.54 Å². The van der Waals surface area contributed by atoms with Crippen molar-refractivity contribution in [2.45, 2.75) is 13.5 Å². The molecule has 0 radical (unpaired) electrons. The van der Waals surface area contributed by atoms with Crippen molar-refractivity contribution in [1.82, 2.24) is 4.98 Å². The number of thiophene rings is 1. The van der Waals surface area contributed by atoms with Gasteiger partial charge in [0.1, 0.15) is 17.2 Å². The number of amides is 1. The molecule has 1 aromatic carbocycles. The Hall–Kier alpha value is -2.80. The third kappa shape index (κ3) is 3.26. The highest BCUT2D eigenvalue weighted by molar-refractivity contribution is 7.13. The van der Waals surface area contributed by atoms with Crippen LogP contribution in [0.1, 0.15) is 21.8 Å². The molecule has 2 aromatic heterocycles. The van der Waals surface area contributed by atoms with E-state index < -0.39 is 5.91 Å². The Morgan fingerprint density at radius 3 is 2.92 bits per heavy atom. The fourth-order valence-corrected chi connectivity index (χ4v) is 2.93. The van der Waals surface area contributed by atoms with Gasteiger partial charge >= 0.3 is 0 Å². The first-order valence-electron chi connectivity index (χ1n) is 7.30. The molecule has 3 aromatic rings. The Bertz CT molecular complexity index is 856. The van der Waals surface area contributed by atoms with Gasteiger partial charge in [0, 0.05) is 5.56 Å². The van der Waals surface area contributed by atoms with Crippen molar-refractivity contribution in [2.75, 3.05) is 12.4 Å². The molecule has 0 spiro atoms. The number of nitrogens with two attached hydrogens (primary N) is 1. The number of hydrogen-bond donors (Lipinski definition) is 2. The molecule has 1 amide bonds. The molecule has 0 unspecified atom stereocenters. The van der Waals surface area contributed by atoms with E-state index in [1.54, 1.807) is 36.6 Å². The minimum Gasteiger partial charge on any atom is -0.495 e. The summed E-state index contributed by atoms with van der Waals surface area (Å²) in [6, 6.07) is 8.92. The van der Waals surface area contributed by atoms with E-state index in [1.165, 1.54) is 0 Å². The Kier molecular flexibility index (Phi) is 4.52. The van der Waals surface area contributed by atoms with Crippen LogP contribution in [0.15, 0.2) is 40.1 Å². The zero-order valence-corrected chi connectivity index (χ0v) is 14.1. The number of methoxy groups -OCH3 is 1. The SMILES string of the molecule is COc1ccc(C(N)=O)cc1NCc1nc(-c2cccs2)oc1C. The second kappa shape index (κ2) is 6.76. The van der Waals surface area contributed by atoms with Crippen LogP contribution >= 0.6 is 11.3 Å². The van der Waals surface area contributed by atoms with Crippen molar-refractivity contribution in [3.8, 4) is 16.5 Å². The molecular formula is C17H17N3O3S. The second-order valence-electron chi connectivity index (χ2n) is 5.13. The van der Waals surface area contributed by atoms with Crippen molar-refractivity contribution >= 4 is 22.9 Å². The van der Waals surface area contributed by atoms with Gasteiger partial charge in [-0.3, -0.25) is 4.79 Å². The number of ether oxygens (including phenoxy) is 1. The molecule has 0 aliphatic carbocycles. The number of primary amides is 1. The number of hydrogen-bond acceptors (Lipinski definition) is 6. The van der Waals surface area contributed by atoms with Crippen molar-refractivity contribution in [3.05, 3.63) is 52.7 Å². The number of nitrogens with one attached hydrogen (secondary N) is 1. The van der Waals surface area contributed by atoms with Crippen LogP contribution in [0.2, 0.25) is 0 Å². The maximum absolute atomic E-state index is 11.3. The number of anilines is 1. The van der Waals surface area contributed by atoms with E-state index in [4.69, 9.17) is 14.9 Å². The summed E-state index contributed by atoms with van der Waals surface area (Å²) in [7, 11) is 1.57. The summed E-state index contributed by atoms with van der Waals surface area (Å²) in [5, 5.41) is 5.20. The van der Waals surface area contributed by atoms with E-state index in [0.29, 0.717) is 29.4 Å². The lowest BCUT2D eigenvalue weighted by molar-refractivity contribution is 0.100. The van der Waals surface area contributed by atoms with Crippen LogP contribution in [0.5, 0.6) is 5.75 Å². The third-order valence-electron chi connectivity index (χ3n) is 3.55. The highest BCUT2D eigenvalue weighted by atomic mass is 32.1. The van der Waals surface area contributed by atoms with Crippen LogP contribution in [0.25, 0.3) is 10.8 Å². The number of aryl methyl sites for hydroxylation is 1. The molecule has 0 saturated carbocycles. The summed E-state index contributed by atoms with van der Waals surface area (Å²) in [4.78, 5) is 16.9. The molecule has 124 valence electrons. The van der Waals surface area contributed by atoms with Gasteiger partial charge in [-0.15, -0.1) is 11.3 Å². The van der Waals surface area contributed by atoms with Crippen LogP contribution in [-0.4, -0.2) is 18.0 Å². The Morgan fingerprint density at radius 1 is 1.42 bits per heavy atom. The number of carbonyl (C=O) groups excluding carboxylic acids is 1. The van der Waals surface area contributed by atoms with Crippen LogP contribution in [0.3, 0.4) is 0 Å². The maximum atomic E-state index is 11.3. The van der Waals surface area contributed by atoms with E-state index in [2.05, 4.69) is 10.3 Å². The molecular weight excluding hydrogens is 326 g/mol. The smallest absolute Gasteiger partial charge is 0.248 e. The van der Waals surface area contributed by atoms with E-state index >= 15 is 0 Å². The monoisotopic (exact) mass is 343 g/mol. The molecule has 0 atom stereocenters. The van der Waals surface area contributed by atoms with Gasteiger partial charge in [-0.05, 0) is 36.6 Å². The molecule has 0 saturated heterocycles. The highest BCUT2D eigenvalue weighted by Crippen LogP contribution is 2.28. The number of aromatic nitrogens is 1. The highest BCUT2D eigenvalue weighted by Gasteiger charge is 2.13. The number of rotatable bonds is 6. The van der Waals surface area contributed by atoms with Gasteiger partial charge in [0.15, 0.2) is 0 Å². The molecule has 0 aliphatic heterocycles. The zero-order valence-electron chi connectivity index (χ0n) is 13.3. The van der Waals surface area contributed by atoms with E-state index in [1.807, 2.05) is 24.4 Å². The quantitative estimate of drug-likeness (QED) is 0.715. The van der Waals surface area contributed by atoms with Gasteiger partial charge in [0.25, 0.3) is 0 Å². The van der Waals surface area contributed by atoms with Crippen molar-refractivity contribution in [2.24, 2.45) is 5.73 Å². The van der Waals surface area contributed by atoms with Gasteiger partial charge in [0.2, 0.25) is 11.8 Å². The lowest BCUT2D eigenvalue weighted by atomic mass is 10.1. The molecule has 3 N–H and O–H groups in total. The molecule has 3 rings (SSSR count). The molecule has 24 heavy (non-hydrogen) atoms. The molecule has 7 heteroatoms. The number of carbonyl (C=O) groups is 1. The Labute approximate surface area is 143 Å². The minimum atomic E-state index is -0.488. The predicted molar refractivity (Wildman–Crippen MR) is 93.4 cm³/mol. The standard InChI is InChI=1S/C17H17N3O3S/c1-10-13(20-17(23-10)15-4-3-7-24-15)9-19-12-8-11(16(18)21)5-6-14(12)22-2/h3-8,19H,9H2,1-2H3,(H2,18,21). The molecule has 0 bridgehead atoms. The van der Waals surface area contributed by atoms with Gasteiger partial charge < -0.3 is 20.2 Å². The summed E-state index contributed by atoms with van der Waals surface area (Å²) in [6.07, 6.45) is 0. The second-order valence-corrected chi connectivity index (χ2v) is 6.08. The summed E-state index contributed by atoms with van der Waals surface area (Å²) in [5.41, 5.74) is 7.21. The van der Waals surface area contributed by atoms with E-state index in [-0.39, 0.29) is 0 Å². The zero-order chi connectivity index (χ0) is 17.1. The normalized spacial score (nSPS) is 10.6. The summed E-state index contributed by atoms with van der Waals surface area (Å²) in [5.74, 6) is 1.49. The average Bonchev–Trinajstić information content (AvgIpc) is 3.22. The lowest BCUT2D eigenvalue weighted by Gasteiger charge is -2.11. The number of oxazole rings is 1. The predicted octanol–water partition coefficient (Wildman–Crippen LogP) is 3.43. The van der Waals surface area contributed by atoms with E-state index in [9.17, 15) is 4.79 Å².